The molecule has 1 saturated heterocycles. The highest BCUT2D eigenvalue weighted by Crippen LogP contribution is 2.16. The molecule has 1 aromatic rings. The predicted molar refractivity (Wildman–Crippen MR) is 82.5 cm³/mol. The molecule has 1 amide bonds. The highest BCUT2D eigenvalue weighted by molar-refractivity contribution is 7.14. The first kappa shape index (κ1) is 15.5. The quantitative estimate of drug-likeness (QED) is 0.758. The Labute approximate surface area is 124 Å². The van der Waals surface area contributed by atoms with E-state index in [1.165, 1.54) is 4.88 Å². The van der Waals surface area contributed by atoms with Gasteiger partial charge in [-0.2, -0.15) is 0 Å². The predicted octanol–water partition coefficient (Wildman–Crippen LogP) is 2.20. The summed E-state index contributed by atoms with van der Waals surface area (Å²) in [6.07, 6.45) is 4.46. The number of ether oxygens (including phenoxy) is 1. The van der Waals surface area contributed by atoms with Crippen molar-refractivity contribution < 1.29 is 9.53 Å². The van der Waals surface area contributed by atoms with E-state index < -0.39 is 0 Å². The van der Waals surface area contributed by atoms with Gasteiger partial charge in [0.25, 0.3) is 5.91 Å². The van der Waals surface area contributed by atoms with Crippen LogP contribution in [-0.4, -0.2) is 38.3 Å². The first-order chi connectivity index (χ1) is 9.79. The number of amides is 1. The number of rotatable bonds is 7. The highest BCUT2D eigenvalue weighted by atomic mass is 32.1. The Bertz CT molecular complexity index is 414. The molecule has 0 radical (unpaired) electrons. The van der Waals surface area contributed by atoms with E-state index >= 15 is 0 Å². The van der Waals surface area contributed by atoms with E-state index in [9.17, 15) is 4.79 Å². The van der Waals surface area contributed by atoms with Crippen molar-refractivity contribution in [3.8, 4) is 0 Å². The molecule has 112 valence electrons. The first-order valence-corrected chi connectivity index (χ1v) is 8.30. The molecular weight excluding hydrogens is 272 g/mol. The SMILES string of the molecule is CCc1ccc(C(=O)NCCCOC2CCNCC2)s1. The molecule has 4 nitrogen and oxygen atoms in total. The summed E-state index contributed by atoms with van der Waals surface area (Å²) in [6.45, 7) is 5.63. The maximum atomic E-state index is 11.9. The maximum Gasteiger partial charge on any atom is 0.261 e. The molecular formula is C15H24N2O2S. The monoisotopic (exact) mass is 296 g/mol. The zero-order chi connectivity index (χ0) is 14.2. The number of aryl methyl sites for hydroxylation is 1. The van der Waals surface area contributed by atoms with Gasteiger partial charge in [-0.1, -0.05) is 6.92 Å². The molecule has 0 atom stereocenters. The van der Waals surface area contributed by atoms with Crippen LogP contribution in [0.3, 0.4) is 0 Å². The molecule has 1 aliphatic heterocycles. The van der Waals surface area contributed by atoms with E-state index in [1.807, 2.05) is 12.1 Å². The van der Waals surface area contributed by atoms with E-state index in [0.29, 0.717) is 12.6 Å². The van der Waals surface area contributed by atoms with Gasteiger partial charge in [-0.3, -0.25) is 4.79 Å². The van der Waals surface area contributed by atoms with E-state index in [1.54, 1.807) is 11.3 Å². The summed E-state index contributed by atoms with van der Waals surface area (Å²) in [5.74, 6) is 0.0385. The molecule has 0 bridgehead atoms. The molecule has 5 heteroatoms. The van der Waals surface area contributed by atoms with Crippen LogP contribution in [0.2, 0.25) is 0 Å². The van der Waals surface area contributed by atoms with Crippen LogP contribution in [-0.2, 0) is 11.2 Å². The number of nitrogens with one attached hydrogen (secondary N) is 2. The van der Waals surface area contributed by atoms with Crippen LogP contribution in [0.25, 0.3) is 0 Å². The summed E-state index contributed by atoms with van der Waals surface area (Å²) in [5, 5.41) is 6.27. The van der Waals surface area contributed by atoms with E-state index in [2.05, 4.69) is 17.6 Å². The molecule has 0 saturated carbocycles. The minimum atomic E-state index is 0.0385. The Morgan fingerprint density at radius 3 is 2.95 bits per heavy atom. The lowest BCUT2D eigenvalue weighted by Crippen LogP contribution is -2.33. The van der Waals surface area contributed by atoms with Gasteiger partial charge in [0.2, 0.25) is 0 Å². The molecule has 1 aliphatic rings. The number of carbonyl (C=O) groups excluding carboxylic acids is 1. The van der Waals surface area contributed by atoms with E-state index in [0.717, 1.165) is 50.3 Å². The third-order valence-electron chi connectivity index (χ3n) is 3.48. The Morgan fingerprint density at radius 1 is 1.45 bits per heavy atom. The summed E-state index contributed by atoms with van der Waals surface area (Å²) in [4.78, 5) is 13.9. The van der Waals surface area contributed by atoms with Crippen LogP contribution in [0.15, 0.2) is 12.1 Å². The lowest BCUT2D eigenvalue weighted by Gasteiger charge is -2.22. The largest absolute Gasteiger partial charge is 0.378 e. The van der Waals surface area contributed by atoms with Gasteiger partial charge in [0, 0.05) is 18.0 Å². The summed E-state index contributed by atoms with van der Waals surface area (Å²) >= 11 is 1.58. The van der Waals surface area contributed by atoms with Crippen molar-refractivity contribution >= 4 is 17.2 Å². The van der Waals surface area contributed by atoms with Crippen LogP contribution < -0.4 is 10.6 Å². The third kappa shape index (κ3) is 4.89. The van der Waals surface area contributed by atoms with Crippen molar-refractivity contribution in [2.24, 2.45) is 0 Å². The van der Waals surface area contributed by atoms with Crippen molar-refractivity contribution in [2.75, 3.05) is 26.2 Å². The van der Waals surface area contributed by atoms with Crippen molar-refractivity contribution in [1.82, 2.24) is 10.6 Å². The molecule has 0 unspecified atom stereocenters. The van der Waals surface area contributed by atoms with Crippen LogP contribution >= 0.6 is 11.3 Å². The van der Waals surface area contributed by atoms with E-state index in [4.69, 9.17) is 4.74 Å². The summed E-state index contributed by atoms with van der Waals surface area (Å²) in [7, 11) is 0. The average Bonchev–Trinajstić information content (AvgIpc) is 2.97. The first-order valence-electron chi connectivity index (χ1n) is 7.49. The minimum absolute atomic E-state index is 0.0385. The molecule has 1 aromatic heterocycles. The number of hydrogen-bond acceptors (Lipinski definition) is 4. The Hall–Kier alpha value is -0.910. The standard InChI is InChI=1S/C15H24N2O2S/c1-2-13-4-5-14(20-13)15(18)17-8-3-11-19-12-6-9-16-10-7-12/h4-5,12,16H,2-3,6-11H2,1H3,(H,17,18). The van der Waals surface area contributed by atoms with Gasteiger partial charge in [-0.25, -0.2) is 0 Å². The lowest BCUT2D eigenvalue weighted by atomic mass is 10.1. The smallest absolute Gasteiger partial charge is 0.261 e. The van der Waals surface area contributed by atoms with Crippen molar-refractivity contribution in [3.05, 3.63) is 21.9 Å². The Kier molecular flexibility index (Phi) is 6.50. The normalized spacial score (nSPS) is 16.2. The lowest BCUT2D eigenvalue weighted by molar-refractivity contribution is 0.0318. The Balaban J connectivity index is 1.57. The van der Waals surface area contributed by atoms with Crippen LogP contribution in [0.1, 0.15) is 40.7 Å². The van der Waals surface area contributed by atoms with Gasteiger partial charge in [-0.05, 0) is 50.9 Å². The summed E-state index contributed by atoms with van der Waals surface area (Å²) in [6, 6.07) is 3.93. The summed E-state index contributed by atoms with van der Waals surface area (Å²) < 4.78 is 5.80. The second-order valence-corrected chi connectivity index (χ2v) is 6.22. The second-order valence-electron chi connectivity index (χ2n) is 5.05. The van der Waals surface area contributed by atoms with Crippen molar-refractivity contribution in [1.29, 1.82) is 0 Å². The summed E-state index contributed by atoms with van der Waals surface area (Å²) in [5.41, 5.74) is 0. The molecule has 2 N–H and O–H groups in total. The van der Waals surface area contributed by atoms with Crippen molar-refractivity contribution in [2.45, 2.75) is 38.7 Å². The fourth-order valence-corrected chi connectivity index (χ4v) is 3.13. The minimum Gasteiger partial charge on any atom is -0.378 e. The zero-order valence-corrected chi connectivity index (χ0v) is 12.9. The number of hydrogen-bond donors (Lipinski definition) is 2. The number of carbonyl (C=O) groups is 1. The van der Waals surface area contributed by atoms with Gasteiger partial charge in [0.1, 0.15) is 0 Å². The van der Waals surface area contributed by atoms with Crippen LogP contribution in [0.4, 0.5) is 0 Å². The van der Waals surface area contributed by atoms with Gasteiger partial charge in [0.05, 0.1) is 11.0 Å². The van der Waals surface area contributed by atoms with Gasteiger partial charge >= 0.3 is 0 Å². The molecule has 0 aromatic carbocycles. The Morgan fingerprint density at radius 2 is 2.25 bits per heavy atom. The van der Waals surface area contributed by atoms with Crippen LogP contribution in [0, 0.1) is 0 Å². The molecule has 1 fully saturated rings. The zero-order valence-electron chi connectivity index (χ0n) is 12.1. The molecule has 0 spiro atoms. The fourth-order valence-electron chi connectivity index (χ4n) is 2.26. The fraction of sp³-hybridized carbons (Fsp3) is 0.667. The molecule has 2 rings (SSSR count). The number of piperidine rings is 1. The highest BCUT2D eigenvalue weighted by Gasteiger charge is 2.13. The van der Waals surface area contributed by atoms with Crippen LogP contribution in [0.5, 0.6) is 0 Å². The average molecular weight is 296 g/mol. The second kappa shape index (κ2) is 8.39. The molecule has 20 heavy (non-hydrogen) atoms. The van der Waals surface area contributed by atoms with Gasteiger partial charge < -0.3 is 15.4 Å². The number of thiophene rings is 1. The van der Waals surface area contributed by atoms with Gasteiger partial charge in [-0.15, -0.1) is 11.3 Å². The third-order valence-corrected chi connectivity index (χ3v) is 4.71. The maximum absolute atomic E-state index is 11.9. The molecule has 0 aliphatic carbocycles. The van der Waals surface area contributed by atoms with Gasteiger partial charge in [0.15, 0.2) is 0 Å². The van der Waals surface area contributed by atoms with E-state index in [-0.39, 0.29) is 5.91 Å². The topological polar surface area (TPSA) is 50.4 Å². The molecule has 2 heterocycles. The van der Waals surface area contributed by atoms with Crippen molar-refractivity contribution in [3.63, 3.8) is 0 Å².